The molecule has 1 fully saturated rings. The minimum Gasteiger partial charge on any atom is -0.479 e. The first-order valence-corrected chi connectivity index (χ1v) is 11.7. The number of halogens is 3. The molecule has 1 atom stereocenters. The third kappa shape index (κ3) is 5.05. The van der Waals surface area contributed by atoms with Gasteiger partial charge in [0, 0.05) is 34.6 Å². The molecule has 1 unspecified atom stereocenters. The van der Waals surface area contributed by atoms with Gasteiger partial charge in [0.2, 0.25) is 11.8 Å². The Balaban J connectivity index is 1.99. The quantitative estimate of drug-likeness (QED) is 0.517. The summed E-state index contributed by atoms with van der Waals surface area (Å²) in [6.45, 7) is 9.60. The molecule has 8 heteroatoms. The fourth-order valence-corrected chi connectivity index (χ4v) is 5.66. The van der Waals surface area contributed by atoms with Crippen LogP contribution in [0.4, 0.5) is 8.78 Å². The highest BCUT2D eigenvalue weighted by molar-refractivity contribution is 14.1. The molecule has 3 rings (SSSR count). The summed E-state index contributed by atoms with van der Waals surface area (Å²) >= 11 is 2.16. The number of carboxylic acid groups (broad SMARTS) is 1. The van der Waals surface area contributed by atoms with Crippen LogP contribution >= 0.6 is 22.6 Å². The van der Waals surface area contributed by atoms with Crippen LogP contribution in [-0.4, -0.2) is 39.4 Å². The molecular weight excluding hydrogens is 519 g/mol. The fraction of sp³-hybridized carbons (Fsp3) is 0.652. The van der Waals surface area contributed by atoms with Crippen LogP contribution in [0.2, 0.25) is 0 Å². The first-order chi connectivity index (χ1) is 14.2. The Morgan fingerprint density at radius 2 is 1.77 bits per heavy atom. The molecule has 1 aliphatic carbocycles. The Kier molecular flexibility index (Phi) is 6.73. The van der Waals surface area contributed by atoms with Crippen molar-refractivity contribution in [1.82, 2.24) is 4.90 Å². The van der Waals surface area contributed by atoms with Gasteiger partial charge in [-0.15, -0.1) is 0 Å². The van der Waals surface area contributed by atoms with Crippen molar-refractivity contribution in [3.63, 3.8) is 0 Å². The second-order valence-electron chi connectivity index (χ2n) is 9.67. The van der Waals surface area contributed by atoms with Crippen LogP contribution in [0.5, 0.6) is 0 Å². The Morgan fingerprint density at radius 3 is 2.29 bits per heavy atom. The smallest absolute Gasteiger partial charge is 0.337 e. The molecule has 1 saturated carbocycles. The summed E-state index contributed by atoms with van der Waals surface area (Å²) in [6, 6.07) is -0.173. The van der Waals surface area contributed by atoms with Gasteiger partial charge in [-0.2, -0.15) is 0 Å². The van der Waals surface area contributed by atoms with Gasteiger partial charge in [0.1, 0.15) is 0 Å². The van der Waals surface area contributed by atoms with Gasteiger partial charge in [0.25, 0.3) is 0 Å². The maximum atomic E-state index is 13.6. The minimum atomic E-state index is -2.64. The lowest BCUT2D eigenvalue weighted by Gasteiger charge is -2.41. The summed E-state index contributed by atoms with van der Waals surface area (Å²) in [4.78, 5) is 26.8. The molecular formula is C23H30F2INO4. The van der Waals surface area contributed by atoms with Crippen molar-refractivity contribution < 1.29 is 28.2 Å². The molecule has 1 amide bonds. The Bertz CT molecular complexity index is 900. The van der Waals surface area contributed by atoms with E-state index in [0.29, 0.717) is 24.9 Å². The monoisotopic (exact) mass is 549 g/mol. The van der Waals surface area contributed by atoms with E-state index in [-0.39, 0.29) is 31.2 Å². The van der Waals surface area contributed by atoms with Crippen molar-refractivity contribution in [3.8, 4) is 0 Å². The normalized spacial score (nSPS) is 20.5. The predicted octanol–water partition coefficient (Wildman–Crippen LogP) is 5.31. The van der Waals surface area contributed by atoms with Crippen LogP contribution in [0.25, 0.3) is 0 Å². The number of carboxylic acids is 1. The van der Waals surface area contributed by atoms with Crippen LogP contribution in [-0.2, 0) is 27.3 Å². The number of alkyl halides is 2. The zero-order valence-corrected chi connectivity index (χ0v) is 20.8. The molecule has 1 N–H and O–H groups in total. The van der Waals surface area contributed by atoms with Gasteiger partial charge in [-0.3, -0.25) is 4.79 Å². The summed E-state index contributed by atoms with van der Waals surface area (Å²) in [5, 5.41) is 9.88. The summed E-state index contributed by atoms with van der Waals surface area (Å²) in [7, 11) is 0. The first-order valence-electron chi connectivity index (χ1n) is 10.6. The Hall–Kier alpha value is -1.29. The van der Waals surface area contributed by atoms with Crippen LogP contribution in [0.15, 0.2) is 0 Å². The van der Waals surface area contributed by atoms with E-state index in [9.17, 15) is 23.5 Å². The number of hydrogen-bond acceptors (Lipinski definition) is 3. The van der Waals surface area contributed by atoms with Crippen molar-refractivity contribution >= 4 is 34.5 Å². The SMILES string of the molecule is Cc1c(I)c(C(OC(C)(C)C)C(=O)O)c(C)c2c1CN(C1CCC(F)(F)CC1)C(=O)C2. The number of benzene rings is 1. The largest absolute Gasteiger partial charge is 0.479 e. The van der Waals surface area contributed by atoms with Crippen molar-refractivity contribution in [3.05, 3.63) is 31.4 Å². The van der Waals surface area contributed by atoms with Gasteiger partial charge < -0.3 is 14.7 Å². The van der Waals surface area contributed by atoms with E-state index >= 15 is 0 Å². The molecule has 5 nitrogen and oxygen atoms in total. The molecule has 1 heterocycles. The van der Waals surface area contributed by atoms with Gasteiger partial charge in [-0.05, 0) is 92.3 Å². The van der Waals surface area contributed by atoms with Gasteiger partial charge in [0.05, 0.1) is 12.0 Å². The number of rotatable bonds is 4. The maximum Gasteiger partial charge on any atom is 0.337 e. The average Bonchev–Trinajstić information content (AvgIpc) is 2.64. The zero-order chi connectivity index (χ0) is 23.3. The number of hydrogen-bond donors (Lipinski definition) is 1. The number of nitrogens with zero attached hydrogens (tertiary/aromatic N) is 1. The minimum absolute atomic E-state index is 0.0824. The number of amides is 1. The number of carbonyl (C=O) groups is 2. The van der Waals surface area contributed by atoms with E-state index in [1.54, 1.807) is 4.90 Å². The van der Waals surface area contributed by atoms with Crippen molar-refractivity contribution in [2.24, 2.45) is 0 Å². The molecule has 31 heavy (non-hydrogen) atoms. The number of carbonyl (C=O) groups excluding carboxylic acids is 1. The van der Waals surface area contributed by atoms with Crippen LogP contribution in [0, 0.1) is 17.4 Å². The van der Waals surface area contributed by atoms with E-state index < -0.39 is 23.6 Å². The Labute approximate surface area is 195 Å². The van der Waals surface area contributed by atoms with Crippen LogP contribution in [0.3, 0.4) is 0 Å². The molecule has 1 aromatic rings. The lowest BCUT2D eigenvalue weighted by Crippen LogP contribution is -2.47. The van der Waals surface area contributed by atoms with Crippen LogP contribution in [0.1, 0.15) is 80.4 Å². The van der Waals surface area contributed by atoms with Gasteiger partial charge in [-0.25, -0.2) is 13.6 Å². The van der Waals surface area contributed by atoms with Gasteiger partial charge in [0.15, 0.2) is 6.10 Å². The molecule has 2 aliphatic rings. The van der Waals surface area contributed by atoms with E-state index in [1.807, 2.05) is 34.6 Å². The standard InChI is InChI=1S/C23H30F2INO4/c1-12-15-10-17(28)27(14-6-8-23(24,25)9-7-14)11-16(15)13(2)19(26)18(12)20(21(29)30)31-22(3,4)5/h14,20H,6-11H2,1-5H3,(H,29,30). The third-order valence-electron chi connectivity index (χ3n) is 6.30. The van der Waals surface area contributed by atoms with E-state index in [4.69, 9.17) is 4.74 Å². The second-order valence-corrected chi connectivity index (χ2v) is 10.7. The number of aliphatic carboxylic acids is 1. The van der Waals surface area contributed by atoms with E-state index in [1.165, 1.54) is 0 Å². The molecule has 1 aromatic carbocycles. The molecule has 1 aliphatic heterocycles. The Morgan fingerprint density at radius 1 is 1.19 bits per heavy atom. The van der Waals surface area contributed by atoms with E-state index in [2.05, 4.69) is 22.6 Å². The zero-order valence-electron chi connectivity index (χ0n) is 18.7. The fourth-order valence-electron chi connectivity index (χ4n) is 4.65. The van der Waals surface area contributed by atoms with Crippen molar-refractivity contribution in [2.45, 2.75) is 96.9 Å². The molecule has 0 aromatic heterocycles. The van der Waals surface area contributed by atoms with Crippen molar-refractivity contribution in [1.29, 1.82) is 0 Å². The van der Waals surface area contributed by atoms with Gasteiger partial charge in [-0.1, -0.05) is 0 Å². The van der Waals surface area contributed by atoms with Gasteiger partial charge >= 0.3 is 5.97 Å². The lowest BCUT2D eigenvalue weighted by molar-refractivity contribution is -0.160. The highest BCUT2D eigenvalue weighted by Gasteiger charge is 2.41. The molecule has 0 bridgehead atoms. The topological polar surface area (TPSA) is 66.8 Å². The predicted molar refractivity (Wildman–Crippen MR) is 121 cm³/mol. The van der Waals surface area contributed by atoms with E-state index in [0.717, 1.165) is 25.8 Å². The molecule has 0 saturated heterocycles. The van der Waals surface area contributed by atoms with Crippen LogP contribution < -0.4 is 0 Å². The molecule has 0 spiro atoms. The summed E-state index contributed by atoms with van der Waals surface area (Å²) in [5.74, 6) is -3.79. The first kappa shape index (κ1) is 24.4. The average molecular weight is 549 g/mol. The summed E-state index contributed by atoms with van der Waals surface area (Å²) in [6.07, 6.45) is -0.741. The second kappa shape index (κ2) is 8.57. The summed E-state index contributed by atoms with van der Waals surface area (Å²) in [5.41, 5.74) is 3.49. The number of ether oxygens (including phenoxy) is 1. The maximum absolute atomic E-state index is 13.6. The van der Waals surface area contributed by atoms with Crippen molar-refractivity contribution in [2.75, 3.05) is 0 Å². The highest BCUT2D eigenvalue weighted by atomic mass is 127. The number of fused-ring (bicyclic) bond motifs is 1. The lowest BCUT2D eigenvalue weighted by atomic mass is 9.84. The molecule has 172 valence electrons. The molecule has 0 radical (unpaired) electrons. The third-order valence-corrected chi connectivity index (χ3v) is 7.69. The highest BCUT2D eigenvalue weighted by Crippen LogP contribution is 2.41. The summed E-state index contributed by atoms with van der Waals surface area (Å²) < 4.78 is 33.9.